The fourth-order valence-electron chi connectivity index (χ4n) is 1.57. The van der Waals surface area contributed by atoms with E-state index < -0.39 is 0 Å². The number of nitrogens with zero attached hydrogens (tertiary/aromatic N) is 4. The molecule has 2 aromatic rings. The van der Waals surface area contributed by atoms with Crippen molar-refractivity contribution in [1.29, 1.82) is 0 Å². The van der Waals surface area contributed by atoms with E-state index in [2.05, 4.69) is 10.1 Å². The minimum Gasteiger partial charge on any atom is -0.395 e. The molecule has 0 bridgehead atoms. The van der Waals surface area contributed by atoms with E-state index in [1.165, 1.54) is 0 Å². The molecular formula is C12H16N4O. The molecule has 5 heteroatoms. The van der Waals surface area contributed by atoms with Crippen molar-refractivity contribution >= 4 is 0 Å². The molecule has 90 valence electrons. The molecule has 0 fully saturated rings. The molecule has 2 rings (SSSR count). The van der Waals surface area contributed by atoms with Crippen LogP contribution in [0.4, 0.5) is 0 Å². The van der Waals surface area contributed by atoms with E-state index in [1.54, 1.807) is 11.0 Å². The molecule has 0 spiro atoms. The topological polar surface area (TPSA) is 54.2 Å². The number of aliphatic hydroxyl groups excluding tert-OH is 1. The first-order chi connectivity index (χ1) is 8.29. The summed E-state index contributed by atoms with van der Waals surface area (Å²) in [4.78, 5) is 6.22. The summed E-state index contributed by atoms with van der Waals surface area (Å²) in [5, 5.41) is 13.2. The molecule has 0 aliphatic heterocycles. The van der Waals surface area contributed by atoms with E-state index in [4.69, 9.17) is 5.11 Å². The monoisotopic (exact) mass is 232 g/mol. The third-order valence-electron chi connectivity index (χ3n) is 2.45. The lowest BCUT2D eigenvalue weighted by Crippen LogP contribution is -2.22. The minimum absolute atomic E-state index is 0.149. The van der Waals surface area contributed by atoms with Crippen LogP contribution in [0.15, 0.2) is 36.7 Å². The van der Waals surface area contributed by atoms with Gasteiger partial charge in [-0.15, -0.1) is 5.10 Å². The Morgan fingerprint density at radius 1 is 1.29 bits per heavy atom. The third-order valence-corrected chi connectivity index (χ3v) is 2.45. The van der Waals surface area contributed by atoms with Gasteiger partial charge < -0.3 is 5.11 Å². The highest BCUT2D eigenvalue weighted by atomic mass is 16.3. The number of hydrogen-bond acceptors (Lipinski definition) is 4. The van der Waals surface area contributed by atoms with Crippen LogP contribution >= 0.6 is 0 Å². The number of aromatic nitrogens is 3. The average molecular weight is 232 g/mol. The van der Waals surface area contributed by atoms with Gasteiger partial charge in [-0.2, -0.15) is 0 Å². The maximum absolute atomic E-state index is 8.81. The second kappa shape index (κ2) is 5.56. The van der Waals surface area contributed by atoms with Crippen LogP contribution in [0.2, 0.25) is 0 Å². The molecule has 5 nitrogen and oxygen atoms in total. The van der Waals surface area contributed by atoms with Gasteiger partial charge in [-0.1, -0.05) is 18.2 Å². The van der Waals surface area contributed by atoms with Crippen LogP contribution in [-0.2, 0) is 6.54 Å². The van der Waals surface area contributed by atoms with Crippen molar-refractivity contribution in [3.8, 4) is 5.69 Å². The highest BCUT2D eigenvalue weighted by Crippen LogP contribution is 2.05. The maximum atomic E-state index is 8.81. The molecule has 1 heterocycles. The highest BCUT2D eigenvalue weighted by Gasteiger charge is 2.05. The van der Waals surface area contributed by atoms with Crippen LogP contribution < -0.4 is 0 Å². The number of para-hydroxylation sites is 1. The molecule has 1 aromatic heterocycles. The predicted octanol–water partition coefficient (Wildman–Crippen LogP) is 0.691. The van der Waals surface area contributed by atoms with Crippen LogP contribution in [0, 0.1) is 0 Å². The highest BCUT2D eigenvalue weighted by molar-refractivity contribution is 5.29. The summed E-state index contributed by atoms with van der Waals surface area (Å²) in [5.41, 5.74) is 0.996. The quantitative estimate of drug-likeness (QED) is 0.824. The van der Waals surface area contributed by atoms with Gasteiger partial charge in [0.15, 0.2) is 5.82 Å². The minimum atomic E-state index is 0.149. The normalized spacial score (nSPS) is 11.0. The molecule has 0 atom stereocenters. The van der Waals surface area contributed by atoms with Crippen LogP contribution in [0.1, 0.15) is 5.82 Å². The van der Waals surface area contributed by atoms with Crippen LogP contribution in [0.3, 0.4) is 0 Å². The second-order valence-corrected chi connectivity index (χ2v) is 3.90. The molecule has 0 saturated heterocycles. The Morgan fingerprint density at radius 2 is 2.06 bits per heavy atom. The van der Waals surface area contributed by atoms with E-state index in [-0.39, 0.29) is 6.61 Å². The largest absolute Gasteiger partial charge is 0.395 e. The number of likely N-dealkylation sites (N-methyl/N-ethyl adjacent to an activating group) is 1. The van der Waals surface area contributed by atoms with Gasteiger partial charge in [-0.05, 0) is 19.2 Å². The summed E-state index contributed by atoms with van der Waals surface area (Å²) in [6.07, 6.45) is 1.71. The Labute approximate surface area is 100 Å². The fourth-order valence-corrected chi connectivity index (χ4v) is 1.57. The zero-order valence-corrected chi connectivity index (χ0v) is 9.82. The van der Waals surface area contributed by atoms with Gasteiger partial charge in [0.1, 0.15) is 6.33 Å². The van der Waals surface area contributed by atoms with Crippen molar-refractivity contribution < 1.29 is 5.11 Å². The standard InChI is InChI=1S/C12H16N4O/c1-15(7-8-17)9-12-13-10-16(14-12)11-5-3-2-4-6-11/h2-6,10,17H,7-9H2,1H3. The number of rotatable bonds is 5. The van der Waals surface area contributed by atoms with Gasteiger partial charge in [0.2, 0.25) is 0 Å². The number of benzene rings is 1. The summed E-state index contributed by atoms with van der Waals surface area (Å²) in [5.74, 6) is 0.754. The van der Waals surface area contributed by atoms with Gasteiger partial charge in [0.25, 0.3) is 0 Å². The first kappa shape index (κ1) is 11.8. The van der Waals surface area contributed by atoms with Crippen molar-refractivity contribution in [2.24, 2.45) is 0 Å². The summed E-state index contributed by atoms with van der Waals surface area (Å²) >= 11 is 0. The summed E-state index contributed by atoms with van der Waals surface area (Å²) in [7, 11) is 1.93. The molecule has 0 saturated carbocycles. The predicted molar refractivity (Wildman–Crippen MR) is 64.8 cm³/mol. The Kier molecular flexibility index (Phi) is 3.85. The van der Waals surface area contributed by atoms with Crippen LogP contribution in [0.25, 0.3) is 5.69 Å². The second-order valence-electron chi connectivity index (χ2n) is 3.90. The van der Waals surface area contributed by atoms with Gasteiger partial charge in [0, 0.05) is 6.54 Å². The molecule has 0 aliphatic carbocycles. The molecule has 1 aromatic carbocycles. The van der Waals surface area contributed by atoms with Crippen molar-refractivity contribution in [3.63, 3.8) is 0 Å². The van der Waals surface area contributed by atoms with Crippen molar-refractivity contribution in [2.75, 3.05) is 20.2 Å². The molecule has 17 heavy (non-hydrogen) atoms. The van der Waals surface area contributed by atoms with Gasteiger partial charge in [-0.3, -0.25) is 4.90 Å². The van der Waals surface area contributed by atoms with Crippen LogP contribution in [0.5, 0.6) is 0 Å². The van der Waals surface area contributed by atoms with E-state index >= 15 is 0 Å². The zero-order valence-electron chi connectivity index (χ0n) is 9.82. The number of hydrogen-bond donors (Lipinski definition) is 1. The SMILES string of the molecule is CN(CCO)Cc1ncn(-c2ccccc2)n1. The summed E-state index contributed by atoms with van der Waals surface area (Å²) in [6, 6.07) is 9.87. The first-order valence-corrected chi connectivity index (χ1v) is 5.55. The third kappa shape index (κ3) is 3.12. The lowest BCUT2D eigenvalue weighted by atomic mass is 10.3. The van der Waals surface area contributed by atoms with E-state index in [1.807, 2.05) is 42.3 Å². The van der Waals surface area contributed by atoms with Crippen molar-refractivity contribution in [1.82, 2.24) is 19.7 Å². The Hall–Kier alpha value is -1.72. The van der Waals surface area contributed by atoms with Crippen molar-refractivity contribution in [2.45, 2.75) is 6.54 Å². The summed E-state index contributed by atoms with van der Waals surface area (Å²) in [6.45, 7) is 1.41. The molecular weight excluding hydrogens is 216 g/mol. The molecule has 0 amide bonds. The Bertz CT molecular complexity index is 455. The summed E-state index contributed by atoms with van der Waals surface area (Å²) < 4.78 is 1.75. The lowest BCUT2D eigenvalue weighted by molar-refractivity contribution is 0.214. The molecule has 1 N–H and O–H groups in total. The lowest BCUT2D eigenvalue weighted by Gasteiger charge is -2.11. The van der Waals surface area contributed by atoms with E-state index in [0.29, 0.717) is 13.1 Å². The number of aliphatic hydroxyl groups is 1. The van der Waals surface area contributed by atoms with E-state index in [0.717, 1.165) is 11.5 Å². The van der Waals surface area contributed by atoms with Gasteiger partial charge in [0.05, 0.1) is 18.8 Å². The molecule has 0 aliphatic rings. The Balaban J connectivity index is 2.06. The first-order valence-electron chi connectivity index (χ1n) is 5.55. The Morgan fingerprint density at radius 3 is 2.76 bits per heavy atom. The van der Waals surface area contributed by atoms with Gasteiger partial charge in [-0.25, -0.2) is 9.67 Å². The van der Waals surface area contributed by atoms with Crippen LogP contribution in [-0.4, -0.2) is 45.0 Å². The fraction of sp³-hybridized carbons (Fsp3) is 0.333. The zero-order chi connectivity index (χ0) is 12.1. The smallest absolute Gasteiger partial charge is 0.164 e. The average Bonchev–Trinajstić information content (AvgIpc) is 2.79. The molecule has 0 radical (unpaired) electrons. The maximum Gasteiger partial charge on any atom is 0.164 e. The van der Waals surface area contributed by atoms with Crippen molar-refractivity contribution in [3.05, 3.63) is 42.5 Å². The molecule has 0 unspecified atom stereocenters. The van der Waals surface area contributed by atoms with E-state index in [9.17, 15) is 0 Å². The van der Waals surface area contributed by atoms with Gasteiger partial charge >= 0.3 is 0 Å².